The predicted octanol–water partition coefficient (Wildman–Crippen LogP) is 2.29. The molecule has 3 rings (SSSR count). The second-order valence-electron chi connectivity index (χ2n) is 5.60. The van der Waals surface area contributed by atoms with Gasteiger partial charge in [0.05, 0.1) is 6.20 Å². The molecule has 1 aliphatic rings. The van der Waals surface area contributed by atoms with Gasteiger partial charge in [0, 0.05) is 24.7 Å². The van der Waals surface area contributed by atoms with Gasteiger partial charge in [-0.05, 0) is 12.8 Å². The van der Waals surface area contributed by atoms with Gasteiger partial charge in [0.15, 0.2) is 5.82 Å². The summed E-state index contributed by atoms with van der Waals surface area (Å²) >= 11 is 0. The highest BCUT2D eigenvalue weighted by Gasteiger charge is 2.23. The van der Waals surface area contributed by atoms with Crippen LogP contribution in [0.3, 0.4) is 0 Å². The first kappa shape index (κ1) is 13.3. The number of nitrogens with two attached hydrogens (primary N) is 1. The molecule has 2 aromatic rings. The first-order valence-electron chi connectivity index (χ1n) is 7.31. The quantitative estimate of drug-likeness (QED) is 0.869. The molecule has 1 unspecified atom stereocenters. The molecule has 1 aliphatic carbocycles. The molecule has 1 atom stereocenters. The summed E-state index contributed by atoms with van der Waals surface area (Å²) in [5.41, 5.74) is 7.05. The van der Waals surface area contributed by atoms with Crippen molar-refractivity contribution in [2.24, 2.45) is 12.8 Å². The number of rotatable bonds is 3. The Hall–Kier alpha value is -1.69. The summed E-state index contributed by atoms with van der Waals surface area (Å²) < 4.78 is 7.08. The third kappa shape index (κ3) is 2.75. The van der Waals surface area contributed by atoms with Crippen molar-refractivity contribution in [3.8, 4) is 0 Å². The Bertz CT molecular complexity index is 553. The van der Waals surface area contributed by atoms with E-state index < -0.39 is 6.04 Å². The zero-order valence-corrected chi connectivity index (χ0v) is 11.8. The third-order valence-corrected chi connectivity index (χ3v) is 4.03. The highest BCUT2D eigenvalue weighted by Crippen LogP contribution is 2.30. The molecular formula is C14H21N5O. The first-order chi connectivity index (χ1) is 9.74. The molecule has 0 bridgehead atoms. The summed E-state index contributed by atoms with van der Waals surface area (Å²) in [6.45, 7) is 0. The summed E-state index contributed by atoms with van der Waals surface area (Å²) in [5.74, 6) is 1.73. The van der Waals surface area contributed by atoms with E-state index >= 15 is 0 Å². The van der Waals surface area contributed by atoms with E-state index in [-0.39, 0.29) is 0 Å². The monoisotopic (exact) mass is 275 g/mol. The Balaban J connectivity index is 1.75. The molecule has 0 aliphatic heterocycles. The molecule has 0 amide bonds. The van der Waals surface area contributed by atoms with Crippen LogP contribution < -0.4 is 5.73 Å². The topological polar surface area (TPSA) is 82.8 Å². The number of aryl methyl sites for hydroxylation is 1. The second kappa shape index (κ2) is 5.75. The predicted molar refractivity (Wildman–Crippen MR) is 74.0 cm³/mol. The van der Waals surface area contributed by atoms with E-state index in [1.165, 1.54) is 25.7 Å². The van der Waals surface area contributed by atoms with Gasteiger partial charge in [-0.3, -0.25) is 4.68 Å². The van der Waals surface area contributed by atoms with Crippen molar-refractivity contribution in [1.82, 2.24) is 19.9 Å². The number of aromatic nitrogens is 4. The smallest absolute Gasteiger partial charge is 0.248 e. The molecule has 108 valence electrons. The lowest BCUT2D eigenvalue weighted by Gasteiger charge is -2.07. The fourth-order valence-electron chi connectivity index (χ4n) is 2.82. The Labute approximate surface area is 118 Å². The van der Waals surface area contributed by atoms with Crippen LogP contribution in [0, 0.1) is 0 Å². The molecule has 0 radical (unpaired) electrons. The highest BCUT2D eigenvalue weighted by molar-refractivity contribution is 5.17. The van der Waals surface area contributed by atoms with Gasteiger partial charge in [-0.15, -0.1) is 0 Å². The minimum absolute atomic E-state index is 0.393. The number of hydrogen-bond acceptors (Lipinski definition) is 5. The average Bonchev–Trinajstić information content (AvgIpc) is 3.01. The third-order valence-electron chi connectivity index (χ3n) is 4.03. The molecule has 6 nitrogen and oxygen atoms in total. The zero-order valence-electron chi connectivity index (χ0n) is 11.8. The molecule has 0 aromatic carbocycles. The largest absolute Gasteiger partial charge is 0.337 e. The molecule has 2 heterocycles. The highest BCUT2D eigenvalue weighted by atomic mass is 16.5. The molecular weight excluding hydrogens is 254 g/mol. The van der Waals surface area contributed by atoms with Crippen molar-refractivity contribution in [3.63, 3.8) is 0 Å². The van der Waals surface area contributed by atoms with Gasteiger partial charge in [0.2, 0.25) is 5.89 Å². The minimum Gasteiger partial charge on any atom is -0.337 e. The molecule has 2 aromatic heterocycles. The molecule has 6 heteroatoms. The van der Waals surface area contributed by atoms with Gasteiger partial charge in [0.1, 0.15) is 6.04 Å². The van der Waals surface area contributed by atoms with Gasteiger partial charge in [-0.1, -0.05) is 30.8 Å². The van der Waals surface area contributed by atoms with Gasteiger partial charge >= 0.3 is 0 Å². The van der Waals surface area contributed by atoms with E-state index in [4.69, 9.17) is 10.3 Å². The molecule has 2 N–H and O–H groups in total. The molecule has 1 saturated carbocycles. The van der Waals surface area contributed by atoms with Crippen LogP contribution in [0.1, 0.15) is 67.8 Å². The second-order valence-corrected chi connectivity index (χ2v) is 5.60. The van der Waals surface area contributed by atoms with Crippen molar-refractivity contribution >= 4 is 0 Å². The average molecular weight is 275 g/mol. The van der Waals surface area contributed by atoms with E-state index in [1.807, 2.05) is 13.2 Å². The van der Waals surface area contributed by atoms with Crippen LogP contribution in [0.15, 0.2) is 16.9 Å². The van der Waals surface area contributed by atoms with E-state index in [0.717, 1.165) is 24.2 Å². The number of hydrogen-bond donors (Lipinski definition) is 1. The summed E-state index contributed by atoms with van der Waals surface area (Å²) in [7, 11) is 1.86. The summed E-state index contributed by atoms with van der Waals surface area (Å²) in [6.07, 6.45) is 11.1. The van der Waals surface area contributed by atoms with Crippen LogP contribution >= 0.6 is 0 Å². The Kier molecular flexibility index (Phi) is 3.82. The number of nitrogens with zero attached hydrogens (tertiary/aromatic N) is 4. The van der Waals surface area contributed by atoms with E-state index in [1.54, 1.807) is 10.9 Å². The summed E-state index contributed by atoms with van der Waals surface area (Å²) in [4.78, 5) is 4.52. The summed E-state index contributed by atoms with van der Waals surface area (Å²) in [6, 6.07) is -0.393. The van der Waals surface area contributed by atoms with Crippen molar-refractivity contribution in [1.29, 1.82) is 0 Å². The van der Waals surface area contributed by atoms with Gasteiger partial charge < -0.3 is 10.3 Å². The Morgan fingerprint density at radius 3 is 2.70 bits per heavy atom. The fraction of sp³-hybridized carbons (Fsp3) is 0.643. The molecule has 1 fully saturated rings. The van der Waals surface area contributed by atoms with Gasteiger partial charge in [-0.25, -0.2) is 0 Å². The van der Waals surface area contributed by atoms with Crippen molar-refractivity contribution < 1.29 is 4.52 Å². The normalized spacial score (nSPS) is 18.9. The Morgan fingerprint density at radius 2 is 2.05 bits per heavy atom. The maximum atomic E-state index is 6.15. The van der Waals surface area contributed by atoms with Crippen LogP contribution in [0.2, 0.25) is 0 Å². The Morgan fingerprint density at radius 1 is 1.30 bits per heavy atom. The van der Waals surface area contributed by atoms with Crippen molar-refractivity contribution in [3.05, 3.63) is 29.7 Å². The van der Waals surface area contributed by atoms with Crippen LogP contribution in [0.25, 0.3) is 0 Å². The lowest BCUT2D eigenvalue weighted by Crippen LogP contribution is -2.12. The van der Waals surface area contributed by atoms with Crippen LogP contribution in [0.5, 0.6) is 0 Å². The van der Waals surface area contributed by atoms with Crippen molar-refractivity contribution in [2.45, 2.75) is 50.5 Å². The van der Waals surface area contributed by atoms with Crippen LogP contribution in [-0.4, -0.2) is 19.9 Å². The van der Waals surface area contributed by atoms with E-state index in [9.17, 15) is 0 Å². The van der Waals surface area contributed by atoms with Gasteiger partial charge in [0.25, 0.3) is 0 Å². The lowest BCUT2D eigenvalue weighted by molar-refractivity contribution is 0.357. The lowest BCUT2D eigenvalue weighted by atomic mass is 10.00. The van der Waals surface area contributed by atoms with Crippen LogP contribution in [0.4, 0.5) is 0 Å². The van der Waals surface area contributed by atoms with Crippen LogP contribution in [-0.2, 0) is 7.05 Å². The minimum atomic E-state index is -0.393. The molecule has 0 saturated heterocycles. The molecule has 0 spiro atoms. The van der Waals surface area contributed by atoms with Gasteiger partial charge in [-0.2, -0.15) is 10.1 Å². The van der Waals surface area contributed by atoms with E-state index in [2.05, 4.69) is 15.2 Å². The fourth-order valence-corrected chi connectivity index (χ4v) is 2.82. The first-order valence-corrected chi connectivity index (χ1v) is 7.31. The standard InChI is InChI=1S/C14H21N5O/c1-19-9-11(8-16-19)12(15)14-17-13(18-20-14)10-6-4-2-3-5-7-10/h8-10,12H,2-7,15H2,1H3. The maximum Gasteiger partial charge on any atom is 0.248 e. The summed E-state index contributed by atoms with van der Waals surface area (Å²) in [5, 5.41) is 8.26. The van der Waals surface area contributed by atoms with E-state index in [0.29, 0.717) is 11.8 Å². The zero-order chi connectivity index (χ0) is 13.9. The SMILES string of the molecule is Cn1cc(C(N)c2nc(C3CCCCCC3)no2)cn1. The van der Waals surface area contributed by atoms with Crippen molar-refractivity contribution in [2.75, 3.05) is 0 Å². The maximum absolute atomic E-state index is 6.15. The molecule has 20 heavy (non-hydrogen) atoms.